The molecule has 1 N–H and O–H groups in total. The summed E-state index contributed by atoms with van der Waals surface area (Å²) < 4.78 is 8.57. The fourth-order valence-corrected chi connectivity index (χ4v) is 0.595. The highest BCUT2D eigenvalue weighted by atomic mass is 16.5. The zero-order chi connectivity index (χ0) is 9.68. The van der Waals surface area contributed by atoms with E-state index in [1.165, 1.54) is 0 Å². The highest BCUT2D eigenvalue weighted by molar-refractivity contribution is 6.32. The van der Waals surface area contributed by atoms with E-state index in [-0.39, 0.29) is 12.4 Å². The second kappa shape index (κ2) is 4.19. The first-order valence-electron chi connectivity index (χ1n) is 3.35. The first-order chi connectivity index (χ1) is 6.24. The van der Waals surface area contributed by atoms with Crippen molar-refractivity contribution in [3.63, 3.8) is 0 Å². The molecule has 7 nitrogen and oxygen atoms in total. The van der Waals surface area contributed by atoms with Gasteiger partial charge in [0.05, 0.1) is 13.7 Å². The number of nitrogens with zero attached hydrogens (tertiary/aromatic N) is 2. The third-order valence-electron chi connectivity index (χ3n) is 1.18. The molecule has 1 aromatic heterocycles. The van der Waals surface area contributed by atoms with E-state index in [0.717, 1.165) is 13.5 Å². The molecule has 70 valence electrons. The number of amides is 1. The maximum atomic E-state index is 10.8. The van der Waals surface area contributed by atoms with Crippen LogP contribution in [0.5, 0.6) is 0 Å². The monoisotopic (exact) mass is 185 g/mol. The quantitative estimate of drug-likeness (QED) is 0.462. The first-order valence-corrected chi connectivity index (χ1v) is 3.35. The molecule has 1 aromatic rings. The standard InChI is InChI=1S/C6H7N3O4/c1-12-6(11)5(10)7-2-4-8-3-13-9-4/h3H,2H2,1H3,(H,7,10). The third-order valence-corrected chi connectivity index (χ3v) is 1.18. The highest BCUT2D eigenvalue weighted by Crippen LogP contribution is 1.86. The summed E-state index contributed by atoms with van der Waals surface area (Å²) in [6, 6.07) is 0. The predicted octanol–water partition coefficient (Wildman–Crippen LogP) is -1.14. The average molecular weight is 185 g/mol. The Hall–Kier alpha value is -1.92. The minimum absolute atomic E-state index is 0.0322. The molecule has 0 fully saturated rings. The lowest BCUT2D eigenvalue weighted by atomic mass is 10.5. The first kappa shape index (κ1) is 9.17. The Morgan fingerprint density at radius 3 is 3.00 bits per heavy atom. The van der Waals surface area contributed by atoms with Gasteiger partial charge in [0.1, 0.15) is 0 Å². The van der Waals surface area contributed by atoms with Gasteiger partial charge in [-0.15, -0.1) is 0 Å². The SMILES string of the molecule is COC(=O)C(=O)NCc1ncon1. The molecule has 1 amide bonds. The van der Waals surface area contributed by atoms with Crippen molar-refractivity contribution in [2.75, 3.05) is 7.11 Å². The molecule has 13 heavy (non-hydrogen) atoms. The van der Waals surface area contributed by atoms with Gasteiger partial charge in [0.25, 0.3) is 0 Å². The van der Waals surface area contributed by atoms with E-state index in [4.69, 9.17) is 0 Å². The van der Waals surface area contributed by atoms with Crippen LogP contribution in [-0.4, -0.2) is 29.1 Å². The van der Waals surface area contributed by atoms with Gasteiger partial charge >= 0.3 is 11.9 Å². The molecule has 1 rings (SSSR count). The molecule has 0 spiro atoms. The summed E-state index contributed by atoms with van der Waals surface area (Å²) in [7, 11) is 1.12. The Kier molecular flexibility index (Phi) is 2.96. The van der Waals surface area contributed by atoms with Gasteiger partial charge in [-0.25, -0.2) is 4.79 Å². The lowest BCUT2D eigenvalue weighted by molar-refractivity contribution is -0.152. The van der Waals surface area contributed by atoms with E-state index in [9.17, 15) is 9.59 Å². The summed E-state index contributed by atoms with van der Waals surface area (Å²) in [5.41, 5.74) is 0. The second-order valence-electron chi connectivity index (χ2n) is 2.02. The van der Waals surface area contributed by atoms with Crippen molar-refractivity contribution < 1.29 is 18.8 Å². The van der Waals surface area contributed by atoms with Gasteiger partial charge in [0.15, 0.2) is 5.82 Å². The van der Waals surface area contributed by atoms with Crippen LogP contribution < -0.4 is 5.32 Å². The van der Waals surface area contributed by atoms with Crippen LogP contribution >= 0.6 is 0 Å². The van der Waals surface area contributed by atoms with Gasteiger partial charge < -0.3 is 14.6 Å². The van der Waals surface area contributed by atoms with Crippen molar-refractivity contribution in [2.45, 2.75) is 6.54 Å². The van der Waals surface area contributed by atoms with Crippen molar-refractivity contribution in [1.29, 1.82) is 0 Å². The van der Waals surface area contributed by atoms with Gasteiger partial charge in [0, 0.05) is 0 Å². The number of nitrogens with one attached hydrogen (secondary N) is 1. The van der Waals surface area contributed by atoms with Gasteiger partial charge in [-0.05, 0) is 0 Å². The molecule has 0 aliphatic rings. The minimum atomic E-state index is -0.955. The fraction of sp³-hybridized carbons (Fsp3) is 0.333. The van der Waals surface area contributed by atoms with Crippen LogP contribution in [0, 0.1) is 0 Å². The number of aromatic nitrogens is 2. The number of ether oxygens (including phenoxy) is 1. The van der Waals surface area contributed by atoms with E-state index < -0.39 is 11.9 Å². The molecular weight excluding hydrogens is 178 g/mol. The number of esters is 1. The van der Waals surface area contributed by atoms with E-state index in [1.807, 2.05) is 0 Å². The number of hydrogen-bond acceptors (Lipinski definition) is 6. The number of rotatable bonds is 2. The van der Waals surface area contributed by atoms with Crippen molar-refractivity contribution in [3.8, 4) is 0 Å². The molecule has 0 bridgehead atoms. The Morgan fingerprint density at radius 2 is 2.46 bits per heavy atom. The molecular formula is C6H7N3O4. The molecule has 1 heterocycles. The molecule has 0 aliphatic carbocycles. The minimum Gasteiger partial charge on any atom is -0.462 e. The van der Waals surface area contributed by atoms with Crippen LogP contribution in [0.15, 0.2) is 10.9 Å². The van der Waals surface area contributed by atoms with Crippen LogP contribution in [0.3, 0.4) is 0 Å². The summed E-state index contributed by atoms with van der Waals surface area (Å²) in [4.78, 5) is 25.0. The van der Waals surface area contributed by atoms with Crippen LogP contribution in [0.4, 0.5) is 0 Å². The van der Waals surface area contributed by atoms with Crippen molar-refractivity contribution in [3.05, 3.63) is 12.2 Å². The zero-order valence-electron chi connectivity index (χ0n) is 6.81. The fourth-order valence-electron chi connectivity index (χ4n) is 0.595. The number of carbonyl (C=O) groups excluding carboxylic acids is 2. The number of hydrogen-bond donors (Lipinski definition) is 1. The van der Waals surface area contributed by atoms with Crippen molar-refractivity contribution >= 4 is 11.9 Å². The van der Waals surface area contributed by atoms with Crippen molar-refractivity contribution in [2.24, 2.45) is 0 Å². The summed E-state index contributed by atoms with van der Waals surface area (Å²) in [6.45, 7) is 0.0322. The smallest absolute Gasteiger partial charge is 0.396 e. The van der Waals surface area contributed by atoms with Gasteiger partial charge in [-0.1, -0.05) is 5.16 Å². The molecule has 0 saturated carbocycles. The largest absolute Gasteiger partial charge is 0.462 e. The Labute approximate surface area is 73.1 Å². The molecule has 0 saturated heterocycles. The number of carbonyl (C=O) groups is 2. The zero-order valence-corrected chi connectivity index (χ0v) is 6.81. The van der Waals surface area contributed by atoms with Gasteiger partial charge in [-0.3, -0.25) is 4.79 Å². The van der Waals surface area contributed by atoms with Crippen LogP contribution in [-0.2, 0) is 20.9 Å². The summed E-state index contributed by atoms with van der Waals surface area (Å²) in [6.07, 6.45) is 1.12. The van der Waals surface area contributed by atoms with E-state index >= 15 is 0 Å². The maximum Gasteiger partial charge on any atom is 0.396 e. The van der Waals surface area contributed by atoms with E-state index in [0.29, 0.717) is 0 Å². The topological polar surface area (TPSA) is 94.3 Å². The van der Waals surface area contributed by atoms with E-state index in [2.05, 4.69) is 24.7 Å². The molecule has 0 aliphatic heterocycles. The molecule has 0 aromatic carbocycles. The Balaban J connectivity index is 2.35. The van der Waals surface area contributed by atoms with Crippen LogP contribution in [0.1, 0.15) is 5.82 Å². The lowest BCUT2D eigenvalue weighted by Crippen LogP contribution is -2.31. The van der Waals surface area contributed by atoms with Crippen molar-refractivity contribution in [1.82, 2.24) is 15.5 Å². The molecule has 7 heteroatoms. The Bertz CT molecular complexity index is 295. The lowest BCUT2D eigenvalue weighted by Gasteiger charge is -1.98. The molecule has 0 unspecified atom stereocenters. The summed E-state index contributed by atoms with van der Waals surface area (Å²) in [5.74, 6) is -1.51. The van der Waals surface area contributed by atoms with Crippen LogP contribution in [0.25, 0.3) is 0 Å². The normalized spacial score (nSPS) is 9.31. The third kappa shape index (κ3) is 2.55. The molecule has 0 radical (unpaired) electrons. The number of methoxy groups -OCH3 is 1. The average Bonchev–Trinajstić information content (AvgIpc) is 2.65. The predicted molar refractivity (Wildman–Crippen MR) is 38.2 cm³/mol. The Morgan fingerprint density at radius 1 is 1.69 bits per heavy atom. The second-order valence-corrected chi connectivity index (χ2v) is 2.02. The molecule has 0 atom stereocenters. The van der Waals surface area contributed by atoms with Crippen LogP contribution in [0.2, 0.25) is 0 Å². The van der Waals surface area contributed by atoms with Gasteiger partial charge in [0.2, 0.25) is 6.39 Å². The highest BCUT2D eigenvalue weighted by Gasteiger charge is 2.13. The van der Waals surface area contributed by atoms with Gasteiger partial charge in [-0.2, -0.15) is 4.98 Å². The summed E-state index contributed by atoms with van der Waals surface area (Å²) >= 11 is 0. The van der Waals surface area contributed by atoms with E-state index in [1.54, 1.807) is 0 Å². The maximum absolute atomic E-state index is 10.8. The summed E-state index contributed by atoms with van der Waals surface area (Å²) in [5, 5.41) is 5.66.